The maximum atomic E-state index is 12.7. The van der Waals surface area contributed by atoms with Gasteiger partial charge in [0.05, 0.1) is 19.1 Å². The second kappa shape index (κ2) is 7.90. The van der Waals surface area contributed by atoms with E-state index in [1.165, 1.54) is 12.1 Å². The maximum absolute atomic E-state index is 12.7. The van der Waals surface area contributed by atoms with Crippen molar-refractivity contribution in [1.29, 1.82) is 0 Å². The first-order valence-electron chi connectivity index (χ1n) is 8.70. The molecule has 1 aliphatic heterocycles. The smallest absolute Gasteiger partial charge is 0.416 e. The first kappa shape index (κ1) is 19.1. The summed E-state index contributed by atoms with van der Waals surface area (Å²) in [5, 5.41) is 0. The van der Waals surface area contributed by atoms with Crippen LogP contribution in [0, 0.1) is 0 Å². The number of carbonyl (C=O) groups excluding carboxylic acids is 1. The van der Waals surface area contributed by atoms with Crippen LogP contribution < -0.4 is 9.64 Å². The molecule has 2 aromatic carbocycles. The summed E-state index contributed by atoms with van der Waals surface area (Å²) in [6.07, 6.45) is -4.00. The molecule has 3 rings (SSSR count). The van der Waals surface area contributed by atoms with Gasteiger partial charge in [-0.3, -0.25) is 4.79 Å². The van der Waals surface area contributed by atoms with Crippen LogP contribution in [0.4, 0.5) is 18.9 Å². The summed E-state index contributed by atoms with van der Waals surface area (Å²) in [5.41, 5.74) is 1.01. The van der Waals surface area contributed by atoms with Crippen LogP contribution in [0.5, 0.6) is 5.75 Å². The molecule has 1 aliphatic rings. The average molecular weight is 378 g/mol. The van der Waals surface area contributed by atoms with E-state index in [0.717, 1.165) is 29.1 Å². The lowest BCUT2D eigenvalue weighted by Crippen LogP contribution is -2.49. The number of hydrogen-bond acceptors (Lipinski definition) is 3. The molecule has 0 aliphatic carbocycles. The first-order chi connectivity index (χ1) is 12.9. The maximum Gasteiger partial charge on any atom is 0.416 e. The Morgan fingerprint density at radius 1 is 0.963 bits per heavy atom. The number of methoxy groups -OCH3 is 1. The van der Waals surface area contributed by atoms with E-state index >= 15 is 0 Å². The van der Waals surface area contributed by atoms with Crippen molar-refractivity contribution in [1.82, 2.24) is 4.90 Å². The number of ether oxygens (including phenoxy) is 1. The summed E-state index contributed by atoms with van der Waals surface area (Å²) in [6.45, 7) is 2.30. The number of anilines is 1. The van der Waals surface area contributed by atoms with Crippen molar-refractivity contribution in [3.8, 4) is 5.75 Å². The third kappa shape index (κ3) is 4.72. The van der Waals surface area contributed by atoms with Gasteiger partial charge in [0.15, 0.2) is 0 Å². The second-order valence-corrected chi connectivity index (χ2v) is 6.44. The molecular formula is C20H21F3N2O2. The monoisotopic (exact) mass is 378 g/mol. The zero-order chi connectivity index (χ0) is 19.4. The minimum absolute atomic E-state index is 0.0484. The molecule has 144 valence electrons. The molecule has 0 N–H and O–H groups in total. The van der Waals surface area contributed by atoms with Crippen molar-refractivity contribution >= 4 is 11.6 Å². The summed E-state index contributed by atoms with van der Waals surface area (Å²) in [5.74, 6) is 0.795. The first-order valence-corrected chi connectivity index (χ1v) is 8.70. The van der Waals surface area contributed by atoms with E-state index in [1.807, 2.05) is 29.2 Å². The minimum atomic E-state index is -4.33. The van der Waals surface area contributed by atoms with E-state index in [4.69, 9.17) is 4.74 Å². The van der Waals surface area contributed by atoms with Crippen LogP contribution in [0.25, 0.3) is 0 Å². The van der Waals surface area contributed by atoms with Gasteiger partial charge in [-0.2, -0.15) is 13.2 Å². The fourth-order valence-corrected chi connectivity index (χ4v) is 3.11. The van der Waals surface area contributed by atoms with Gasteiger partial charge in [0.1, 0.15) is 5.75 Å². The minimum Gasteiger partial charge on any atom is -0.497 e. The molecule has 7 heteroatoms. The van der Waals surface area contributed by atoms with Gasteiger partial charge in [-0.05, 0) is 42.0 Å². The Morgan fingerprint density at radius 3 is 2.07 bits per heavy atom. The quantitative estimate of drug-likeness (QED) is 0.815. The number of piperazine rings is 1. The number of benzene rings is 2. The largest absolute Gasteiger partial charge is 0.497 e. The summed E-state index contributed by atoms with van der Waals surface area (Å²) in [4.78, 5) is 16.3. The Kier molecular flexibility index (Phi) is 5.58. The summed E-state index contributed by atoms with van der Waals surface area (Å²) in [6, 6.07) is 12.5. The van der Waals surface area contributed by atoms with Crippen molar-refractivity contribution in [3.63, 3.8) is 0 Å². The Balaban J connectivity index is 1.54. The zero-order valence-electron chi connectivity index (χ0n) is 15.0. The number of nitrogens with zero attached hydrogens (tertiary/aromatic N) is 2. The molecular weight excluding hydrogens is 357 g/mol. The SMILES string of the molecule is COc1ccc(CC(=O)N2CCN(c3ccc(C(F)(F)F)cc3)CC2)cc1. The molecule has 0 saturated carbocycles. The predicted octanol–water partition coefficient (Wildman–Crippen LogP) is 3.61. The number of rotatable bonds is 4. The highest BCUT2D eigenvalue weighted by molar-refractivity contribution is 5.79. The van der Waals surface area contributed by atoms with E-state index in [9.17, 15) is 18.0 Å². The van der Waals surface area contributed by atoms with Crippen LogP contribution >= 0.6 is 0 Å². The molecule has 27 heavy (non-hydrogen) atoms. The summed E-state index contributed by atoms with van der Waals surface area (Å²) < 4.78 is 43.1. The van der Waals surface area contributed by atoms with Crippen molar-refractivity contribution in [2.24, 2.45) is 0 Å². The Bertz CT molecular complexity index is 765. The predicted molar refractivity (Wildman–Crippen MR) is 96.9 cm³/mol. The van der Waals surface area contributed by atoms with Gasteiger partial charge in [-0.15, -0.1) is 0 Å². The number of hydrogen-bond donors (Lipinski definition) is 0. The van der Waals surface area contributed by atoms with Crippen LogP contribution in [-0.4, -0.2) is 44.1 Å². The third-order valence-electron chi connectivity index (χ3n) is 4.71. The van der Waals surface area contributed by atoms with Crippen LogP contribution in [0.15, 0.2) is 48.5 Å². The molecule has 1 fully saturated rings. The topological polar surface area (TPSA) is 32.8 Å². The van der Waals surface area contributed by atoms with Gasteiger partial charge >= 0.3 is 6.18 Å². The van der Waals surface area contributed by atoms with E-state index in [2.05, 4.69) is 0 Å². The molecule has 1 heterocycles. The number of carbonyl (C=O) groups is 1. The van der Waals surface area contributed by atoms with E-state index < -0.39 is 11.7 Å². The number of halogens is 3. The molecule has 1 saturated heterocycles. The molecule has 0 bridgehead atoms. The van der Waals surface area contributed by atoms with Crippen molar-refractivity contribution in [2.45, 2.75) is 12.6 Å². The van der Waals surface area contributed by atoms with Gasteiger partial charge in [0.25, 0.3) is 0 Å². The standard InChI is InChI=1S/C20H21F3N2O2/c1-27-18-8-2-15(3-9-18)14-19(26)25-12-10-24(11-13-25)17-6-4-16(5-7-17)20(21,22)23/h2-9H,10-14H2,1H3. The lowest BCUT2D eigenvalue weighted by molar-refractivity contribution is -0.137. The highest BCUT2D eigenvalue weighted by Gasteiger charge is 2.30. The normalized spacial score (nSPS) is 15.0. The third-order valence-corrected chi connectivity index (χ3v) is 4.71. The molecule has 0 atom stereocenters. The lowest BCUT2D eigenvalue weighted by atomic mass is 10.1. The van der Waals surface area contributed by atoms with Gasteiger partial charge in [0.2, 0.25) is 5.91 Å². The van der Waals surface area contributed by atoms with Crippen molar-refractivity contribution in [2.75, 3.05) is 38.2 Å². The Labute approximate surface area is 156 Å². The molecule has 0 aromatic heterocycles. The fourth-order valence-electron chi connectivity index (χ4n) is 3.11. The molecule has 0 spiro atoms. The van der Waals surface area contributed by atoms with Crippen LogP contribution in [0.1, 0.15) is 11.1 Å². The highest BCUT2D eigenvalue weighted by atomic mass is 19.4. The molecule has 0 unspecified atom stereocenters. The number of alkyl halides is 3. The van der Waals surface area contributed by atoms with Crippen LogP contribution in [-0.2, 0) is 17.4 Å². The van der Waals surface area contributed by atoms with Gasteiger partial charge < -0.3 is 14.5 Å². The van der Waals surface area contributed by atoms with Crippen molar-refractivity contribution < 1.29 is 22.7 Å². The molecule has 2 aromatic rings. The number of amides is 1. The fraction of sp³-hybridized carbons (Fsp3) is 0.350. The van der Waals surface area contributed by atoms with E-state index in [1.54, 1.807) is 12.0 Å². The summed E-state index contributed by atoms with van der Waals surface area (Å²) in [7, 11) is 1.59. The van der Waals surface area contributed by atoms with E-state index in [0.29, 0.717) is 32.6 Å². The van der Waals surface area contributed by atoms with Crippen molar-refractivity contribution in [3.05, 3.63) is 59.7 Å². The molecule has 4 nitrogen and oxygen atoms in total. The highest BCUT2D eigenvalue weighted by Crippen LogP contribution is 2.30. The molecule has 1 amide bonds. The molecule has 0 radical (unpaired) electrons. The average Bonchev–Trinajstić information content (AvgIpc) is 2.68. The Morgan fingerprint density at radius 2 is 1.56 bits per heavy atom. The van der Waals surface area contributed by atoms with Gasteiger partial charge in [-0.1, -0.05) is 12.1 Å². The lowest BCUT2D eigenvalue weighted by Gasteiger charge is -2.36. The summed E-state index contributed by atoms with van der Waals surface area (Å²) >= 11 is 0. The van der Waals surface area contributed by atoms with Crippen LogP contribution in [0.3, 0.4) is 0 Å². The zero-order valence-corrected chi connectivity index (χ0v) is 15.0. The second-order valence-electron chi connectivity index (χ2n) is 6.44. The van der Waals surface area contributed by atoms with Gasteiger partial charge in [-0.25, -0.2) is 0 Å². The van der Waals surface area contributed by atoms with Gasteiger partial charge in [0, 0.05) is 31.9 Å². The Hall–Kier alpha value is -2.70. The van der Waals surface area contributed by atoms with E-state index in [-0.39, 0.29) is 5.91 Å². The van der Waals surface area contributed by atoms with Crippen LogP contribution in [0.2, 0.25) is 0 Å².